The summed E-state index contributed by atoms with van der Waals surface area (Å²) in [5, 5.41) is 0. The molecule has 0 unspecified atom stereocenters. The third-order valence-corrected chi connectivity index (χ3v) is 2.84. The van der Waals surface area contributed by atoms with Crippen LogP contribution in [0, 0.1) is 11.8 Å². The summed E-state index contributed by atoms with van der Waals surface area (Å²) in [6.07, 6.45) is 4.13. The summed E-state index contributed by atoms with van der Waals surface area (Å²) < 4.78 is 4.72. The van der Waals surface area contributed by atoms with Gasteiger partial charge < -0.3 is 4.74 Å². The third kappa shape index (κ3) is 3.16. The first-order valence-corrected chi connectivity index (χ1v) is 5.07. The van der Waals surface area contributed by atoms with Gasteiger partial charge in [-0.1, -0.05) is 6.42 Å². The normalized spacial score (nSPS) is 28.5. The number of hydrogen-bond donors (Lipinski definition) is 1. The van der Waals surface area contributed by atoms with E-state index in [-0.39, 0.29) is 11.9 Å². The lowest BCUT2D eigenvalue weighted by atomic mass is 9.81. The SMILES string of the molecule is COC(=O)[C@H]1CCC[C@@H](CNCl)C1. The van der Waals surface area contributed by atoms with Gasteiger partial charge in [-0.3, -0.25) is 4.79 Å². The van der Waals surface area contributed by atoms with Crippen LogP contribution in [0.1, 0.15) is 25.7 Å². The van der Waals surface area contributed by atoms with Crippen LogP contribution in [-0.2, 0) is 9.53 Å². The second-order valence-electron chi connectivity index (χ2n) is 3.59. The maximum Gasteiger partial charge on any atom is 0.308 e. The fraction of sp³-hybridized carbons (Fsp3) is 0.889. The number of esters is 1. The van der Waals surface area contributed by atoms with Crippen LogP contribution >= 0.6 is 11.8 Å². The first-order valence-electron chi connectivity index (χ1n) is 4.69. The van der Waals surface area contributed by atoms with Crippen molar-refractivity contribution in [2.45, 2.75) is 25.7 Å². The maximum absolute atomic E-state index is 11.2. The van der Waals surface area contributed by atoms with E-state index in [1.807, 2.05) is 0 Å². The number of ether oxygens (including phenoxy) is 1. The van der Waals surface area contributed by atoms with E-state index in [1.54, 1.807) is 0 Å². The largest absolute Gasteiger partial charge is 0.469 e. The summed E-state index contributed by atoms with van der Waals surface area (Å²) >= 11 is 5.43. The van der Waals surface area contributed by atoms with Gasteiger partial charge in [-0.25, -0.2) is 4.84 Å². The highest BCUT2D eigenvalue weighted by Gasteiger charge is 2.27. The first kappa shape index (κ1) is 10.8. The number of methoxy groups -OCH3 is 1. The molecular weight excluding hydrogens is 190 g/mol. The summed E-state index contributed by atoms with van der Waals surface area (Å²) in [6, 6.07) is 0. The van der Waals surface area contributed by atoms with Crippen LogP contribution in [-0.4, -0.2) is 19.6 Å². The highest BCUT2D eigenvalue weighted by Crippen LogP contribution is 2.29. The fourth-order valence-corrected chi connectivity index (χ4v) is 2.18. The Labute approximate surface area is 83.9 Å². The van der Waals surface area contributed by atoms with Crippen LogP contribution in [0.3, 0.4) is 0 Å². The molecule has 0 spiro atoms. The van der Waals surface area contributed by atoms with Crippen molar-refractivity contribution in [3.8, 4) is 0 Å². The zero-order chi connectivity index (χ0) is 9.68. The van der Waals surface area contributed by atoms with Crippen molar-refractivity contribution in [1.82, 2.24) is 4.84 Å². The number of hydrogen-bond acceptors (Lipinski definition) is 3. The number of rotatable bonds is 3. The van der Waals surface area contributed by atoms with Crippen molar-refractivity contribution in [3.05, 3.63) is 0 Å². The van der Waals surface area contributed by atoms with E-state index in [9.17, 15) is 4.79 Å². The molecule has 1 rings (SSSR count). The highest BCUT2D eigenvalue weighted by atomic mass is 35.5. The van der Waals surface area contributed by atoms with E-state index in [0.717, 1.165) is 32.2 Å². The molecule has 0 aromatic heterocycles. The molecule has 0 bridgehead atoms. The molecule has 1 N–H and O–H groups in total. The van der Waals surface area contributed by atoms with Gasteiger partial charge >= 0.3 is 5.97 Å². The zero-order valence-corrected chi connectivity index (χ0v) is 8.64. The molecular formula is C9H16ClNO2. The average Bonchev–Trinajstić information content (AvgIpc) is 2.18. The minimum absolute atomic E-state index is 0.0701. The second-order valence-corrected chi connectivity index (χ2v) is 3.86. The minimum Gasteiger partial charge on any atom is -0.469 e. The predicted octanol–water partition coefficient (Wildman–Crippen LogP) is 1.71. The van der Waals surface area contributed by atoms with Gasteiger partial charge in [-0.15, -0.1) is 0 Å². The monoisotopic (exact) mass is 205 g/mol. The van der Waals surface area contributed by atoms with Gasteiger partial charge in [-0.2, -0.15) is 0 Å². The molecule has 1 aliphatic rings. The van der Waals surface area contributed by atoms with E-state index in [1.165, 1.54) is 7.11 Å². The molecule has 76 valence electrons. The molecule has 13 heavy (non-hydrogen) atoms. The van der Waals surface area contributed by atoms with Crippen molar-refractivity contribution < 1.29 is 9.53 Å². The fourth-order valence-electron chi connectivity index (χ4n) is 1.97. The van der Waals surface area contributed by atoms with E-state index >= 15 is 0 Å². The minimum atomic E-state index is -0.0701. The van der Waals surface area contributed by atoms with Gasteiger partial charge in [0.05, 0.1) is 13.0 Å². The molecule has 3 nitrogen and oxygen atoms in total. The zero-order valence-electron chi connectivity index (χ0n) is 7.88. The lowest BCUT2D eigenvalue weighted by Gasteiger charge is -2.26. The summed E-state index contributed by atoms with van der Waals surface area (Å²) in [7, 11) is 1.45. The van der Waals surface area contributed by atoms with Gasteiger partial charge in [0.15, 0.2) is 0 Å². The van der Waals surface area contributed by atoms with Crippen molar-refractivity contribution in [2.24, 2.45) is 11.8 Å². The van der Waals surface area contributed by atoms with Crippen LogP contribution in [0.25, 0.3) is 0 Å². The molecule has 0 aliphatic heterocycles. The summed E-state index contributed by atoms with van der Waals surface area (Å²) in [5.41, 5.74) is 0. The van der Waals surface area contributed by atoms with E-state index in [2.05, 4.69) is 4.84 Å². The van der Waals surface area contributed by atoms with Gasteiger partial charge in [0.25, 0.3) is 0 Å². The van der Waals surface area contributed by atoms with Gasteiger partial charge in [0, 0.05) is 6.54 Å². The number of halogens is 1. The van der Waals surface area contributed by atoms with Crippen molar-refractivity contribution in [3.63, 3.8) is 0 Å². The quantitative estimate of drug-likeness (QED) is 0.563. The highest BCUT2D eigenvalue weighted by molar-refractivity contribution is 6.13. The Hall–Kier alpha value is -0.280. The number of carbonyl (C=O) groups is 1. The van der Waals surface area contributed by atoms with Crippen molar-refractivity contribution >= 4 is 17.7 Å². The molecule has 2 atom stereocenters. The molecule has 0 amide bonds. The molecule has 1 aliphatic carbocycles. The van der Waals surface area contributed by atoms with Gasteiger partial charge in [0.1, 0.15) is 0 Å². The Bertz CT molecular complexity index is 173. The van der Waals surface area contributed by atoms with Crippen molar-refractivity contribution in [1.29, 1.82) is 0 Å². The smallest absolute Gasteiger partial charge is 0.308 e. The molecule has 0 heterocycles. The topological polar surface area (TPSA) is 38.3 Å². The molecule has 4 heteroatoms. The molecule has 1 saturated carbocycles. The molecule has 0 saturated heterocycles. The van der Waals surface area contributed by atoms with Crippen LogP contribution in [0.5, 0.6) is 0 Å². The van der Waals surface area contributed by atoms with E-state index < -0.39 is 0 Å². The average molecular weight is 206 g/mol. The van der Waals surface area contributed by atoms with E-state index in [0.29, 0.717) is 5.92 Å². The number of carbonyl (C=O) groups excluding carboxylic acids is 1. The van der Waals surface area contributed by atoms with Crippen molar-refractivity contribution in [2.75, 3.05) is 13.7 Å². The number of nitrogens with one attached hydrogen (secondary N) is 1. The molecule has 0 radical (unpaired) electrons. The summed E-state index contributed by atoms with van der Waals surface area (Å²) in [4.78, 5) is 13.9. The first-order chi connectivity index (χ1) is 6.27. The molecule has 0 aromatic rings. The Balaban J connectivity index is 2.37. The maximum atomic E-state index is 11.2. The Morgan fingerprint density at radius 3 is 3.00 bits per heavy atom. The summed E-state index contributed by atoms with van der Waals surface area (Å²) in [6.45, 7) is 0.787. The Kier molecular flexibility index (Phi) is 4.53. The molecule has 0 aromatic carbocycles. The molecule has 1 fully saturated rings. The summed E-state index contributed by atoms with van der Waals surface area (Å²) in [5.74, 6) is 0.545. The van der Waals surface area contributed by atoms with Crippen LogP contribution in [0.2, 0.25) is 0 Å². The third-order valence-electron chi connectivity index (χ3n) is 2.68. The van der Waals surface area contributed by atoms with Crippen LogP contribution in [0.15, 0.2) is 0 Å². The van der Waals surface area contributed by atoms with E-state index in [4.69, 9.17) is 16.5 Å². The Morgan fingerprint density at radius 1 is 1.62 bits per heavy atom. The second kappa shape index (κ2) is 5.45. The van der Waals surface area contributed by atoms with Gasteiger partial charge in [-0.05, 0) is 37.0 Å². The van der Waals surface area contributed by atoms with Crippen LogP contribution in [0.4, 0.5) is 0 Å². The predicted molar refractivity (Wildman–Crippen MR) is 51.3 cm³/mol. The Morgan fingerprint density at radius 2 is 2.38 bits per heavy atom. The lowest BCUT2D eigenvalue weighted by molar-refractivity contribution is -0.147. The van der Waals surface area contributed by atoms with Gasteiger partial charge in [0.2, 0.25) is 0 Å². The lowest BCUT2D eigenvalue weighted by Crippen LogP contribution is -2.27. The van der Waals surface area contributed by atoms with Crippen LogP contribution < -0.4 is 4.84 Å². The standard InChI is InChI=1S/C9H16ClNO2/c1-13-9(12)8-4-2-3-7(5-8)6-11-10/h7-8,11H,2-6H2,1H3/t7-,8+/m1/s1.